The first-order chi connectivity index (χ1) is 9.56. The van der Waals surface area contributed by atoms with Gasteiger partial charge in [0, 0.05) is 6.04 Å². The fourth-order valence-corrected chi connectivity index (χ4v) is 2.36. The highest BCUT2D eigenvalue weighted by molar-refractivity contribution is 5.69. The molecule has 0 spiro atoms. The van der Waals surface area contributed by atoms with Crippen LogP contribution in [0.25, 0.3) is 11.1 Å². The molecule has 0 heterocycles. The Morgan fingerprint density at radius 1 is 1.15 bits per heavy atom. The van der Waals surface area contributed by atoms with E-state index in [2.05, 4.69) is 12.2 Å². The molecule has 0 fully saturated rings. The molecule has 20 heavy (non-hydrogen) atoms. The van der Waals surface area contributed by atoms with Crippen molar-refractivity contribution in [2.45, 2.75) is 19.9 Å². The van der Waals surface area contributed by atoms with Gasteiger partial charge in [-0.2, -0.15) is 0 Å². The Hall–Kier alpha value is -1.87. The predicted octanol–water partition coefficient (Wildman–Crippen LogP) is 4.09. The van der Waals surface area contributed by atoms with Crippen LogP contribution in [0.15, 0.2) is 36.4 Å². The van der Waals surface area contributed by atoms with Gasteiger partial charge in [-0.15, -0.1) is 0 Å². The third-order valence-corrected chi connectivity index (χ3v) is 3.62. The van der Waals surface area contributed by atoms with Crippen molar-refractivity contribution in [3.05, 3.63) is 53.3 Å². The van der Waals surface area contributed by atoms with E-state index in [1.165, 1.54) is 6.07 Å². The average molecular weight is 273 g/mol. The summed E-state index contributed by atoms with van der Waals surface area (Å²) < 4.78 is 18.9. The number of hydrogen-bond acceptors (Lipinski definition) is 2. The maximum Gasteiger partial charge on any atom is 0.123 e. The first-order valence-electron chi connectivity index (χ1n) is 6.68. The molecule has 2 rings (SSSR count). The number of nitrogens with one attached hydrogen (secondary N) is 1. The molecule has 0 saturated carbocycles. The number of benzene rings is 2. The van der Waals surface area contributed by atoms with Crippen molar-refractivity contribution in [1.29, 1.82) is 0 Å². The lowest BCUT2D eigenvalue weighted by Gasteiger charge is -2.17. The first-order valence-corrected chi connectivity index (χ1v) is 6.68. The third-order valence-electron chi connectivity index (χ3n) is 3.62. The van der Waals surface area contributed by atoms with Crippen LogP contribution < -0.4 is 10.1 Å². The fraction of sp³-hybridized carbons (Fsp3) is 0.294. The van der Waals surface area contributed by atoms with Gasteiger partial charge in [0.1, 0.15) is 11.6 Å². The molecule has 2 aromatic carbocycles. The van der Waals surface area contributed by atoms with Gasteiger partial charge in [0.25, 0.3) is 0 Å². The van der Waals surface area contributed by atoms with Crippen LogP contribution >= 0.6 is 0 Å². The number of aryl methyl sites for hydroxylation is 1. The Labute approximate surface area is 119 Å². The predicted molar refractivity (Wildman–Crippen MR) is 80.6 cm³/mol. The van der Waals surface area contributed by atoms with Crippen molar-refractivity contribution in [2.75, 3.05) is 14.2 Å². The Balaban J connectivity index is 2.56. The van der Waals surface area contributed by atoms with Gasteiger partial charge in [0.2, 0.25) is 0 Å². The molecule has 0 aliphatic carbocycles. The summed E-state index contributed by atoms with van der Waals surface area (Å²) >= 11 is 0. The highest BCUT2D eigenvalue weighted by atomic mass is 19.1. The zero-order chi connectivity index (χ0) is 14.7. The lowest BCUT2D eigenvalue weighted by atomic mass is 9.94. The minimum absolute atomic E-state index is 0.160. The van der Waals surface area contributed by atoms with E-state index in [1.807, 2.05) is 38.2 Å². The maximum absolute atomic E-state index is 13.6. The summed E-state index contributed by atoms with van der Waals surface area (Å²) in [5.74, 6) is 0.619. The topological polar surface area (TPSA) is 21.3 Å². The highest BCUT2D eigenvalue weighted by Crippen LogP contribution is 2.31. The largest absolute Gasteiger partial charge is 0.496 e. The highest BCUT2D eigenvalue weighted by Gasteiger charge is 2.12. The van der Waals surface area contributed by atoms with Crippen LogP contribution in [0, 0.1) is 12.7 Å². The minimum Gasteiger partial charge on any atom is -0.496 e. The zero-order valence-electron chi connectivity index (χ0n) is 12.3. The molecule has 3 heteroatoms. The summed E-state index contributed by atoms with van der Waals surface area (Å²) in [7, 11) is 3.55. The van der Waals surface area contributed by atoms with Crippen molar-refractivity contribution in [3.8, 4) is 16.9 Å². The van der Waals surface area contributed by atoms with Gasteiger partial charge in [-0.05, 0) is 67.4 Å². The molecule has 1 atom stereocenters. The van der Waals surface area contributed by atoms with Gasteiger partial charge in [-0.25, -0.2) is 4.39 Å². The van der Waals surface area contributed by atoms with Crippen molar-refractivity contribution in [3.63, 3.8) is 0 Å². The smallest absolute Gasteiger partial charge is 0.123 e. The molecule has 0 bridgehead atoms. The Bertz CT molecular complexity index is 610. The van der Waals surface area contributed by atoms with Crippen LogP contribution in [0.4, 0.5) is 4.39 Å². The van der Waals surface area contributed by atoms with Crippen molar-refractivity contribution in [1.82, 2.24) is 5.32 Å². The van der Waals surface area contributed by atoms with Crippen LogP contribution in [-0.4, -0.2) is 14.2 Å². The fourth-order valence-electron chi connectivity index (χ4n) is 2.36. The standard InChI is InChI=1S/C17H20FNO/c1-11-9-13(5-8-17(11)20-4)16-10-14(18)6-7-15(16)12(2)19-3/h5-10,12,19H,1-4H3. The van der Waals surface area contributed by atoms with Crippen LogP contribution in [-0.2, 0) is 0 Å². The zero-order valence-corrected chi connectivity index (χ0v) is 12.3. The van der Waals surface area contributed by atoms with Gasteiger partial charge in [0.05, 0.1) is 7.11 Å². The lowest BCUT2D eigenvalue weighted by molar-refractivity contribution is 0.412. The summed E-state index contributed by atoms with van der Waals surface area (Å²) in [5, 5.41) is 3.20. The summed E-state index contributed by atoms with van der Waals surface area (Å²) in [4.78, 5) is 0. The second-order valence-electron chi connectivity index (χ2n) is 4.93. The van der Waals surface area contributed by atoms with Gasteiger partial charge in [-0.1, -0.05) is 12.1 Å². The quantitative estimate of drug-likeness (QED) is 0.906. The third kappa shape index (κ3) is 2.83. The van der Waals surface area contributed by atoms with Crippen LogP contribution in [0.5, 0.6) is 5.75 Å². The number of methoxy groups -OCH3 is 1. The van der Waals surface area contributed by atoms with E-state index >= 15 is 0 Å². The SMILES string of the molecule is CNC(C)c1ccc(F)cc1-c1ccc(OC)c(C)c1. The molecule has 2 aromatic rings. The van der Waals surface area contributed by atoms with E-state index in [4.69, 9.17) is 4.74 Å². The molecule has 0 radical (unpaired) electrons. The molecule has 1 N–H and O–H groups in total. The monoisotopic (exact) mass is 273 g/mol. The van der Waals surface area contributed by atoms with Gasteiger partial charge < -0.3 is 10.1 Å². The van der Waals surface area contributed by atoms with E-state index in [-0.39, 0.29) is 11.9 Å². The molecule has 0 aliphatic rings. The van der Waals surface area contributed by atoms with Gasteiger partial charge in [0.15, 0.2) is 0 Å². The molecule has 1 unspecified atom stereocenters. The average Bonchev–Trinajstić information content (AvgIpc) is 2.46. The van der Waals surface area contributed by atoms with Crippen molar-refractivity contribution in [2.24, 2.45) is 0 Å². The Kier molecular flexibility index (Phi) is 4.40. The van der Waals surface area contributed by atoms with Crippen LogP contribution in [0.2, 0.25) is 0 Å². The van der Waals surface area contributed by atoms with Crippen molar-refractivity contribution >= 4 is 0 Å². The summed E-state index contributed by atoms with van der Waals surface area (Å²) in [6, 6.07) is 11.0. The summed E-state index contributed by atoms with van der Waals surface area (Å²) in [6.45, 7) is 4.05. The number of halogens is 1. The molecule has 0 aromatic heterocycles. The van der Waals surface area contributed by atoms with E-state index in [9.17, 15) is 4.39 Å². The normalized spacial score (nSPS) is 12.2. The maximum atomic E-state index is 13.6. The lowest BCUT2D eigenvalue weighted by Crippen LogP contribution is -2.13. The molecular formula is C17H20FNO. The second kappa shape index (κ2) is 6.06. The van der Waals surface area contributed by atoms with E-state index < -0.39 is 0 Å². The molecule has 2 nitrogen and oxygen atoms in total. The summed E-state index contributed by atoms with van der Waals surface area (Å²) in [5.41, 5.74) is 4.04. The molecule has 0 amide bonds. The number of ether oxygens (including phenoxy) is 1. The van der Waals surface area contributed by atoms with E-state index in [0.717, 1.165) is 28.0 Å². The van der Waals surface area contributed by atoms with Crippen molar-refractivity contribution < 1.29 is 9.13 Å². The Morgan fingerprint density at radius 2 is 1.90 bits per heavy atom. The van der Waals surface area contributed by atoms with Crippen LogP contribution in [0.3, 0.4) is 0 Å². The number of rotatable bonds is 4. The van der Waals surface area contributed by atoms with Crippen LogP contribution in [0.1, 0.15) is 24.1 Å². The first kappa shape index (κ1) is 14.5. The van der Waals surface area contributed by atoms with E-state index in [0.29, 0.717) is 0 Å². The molecule has 0 aliphatic heterocycles. The van der Waals surface area contributed by atoms with Gasteiger partial charge >= 0.3 is 0 Å². The second-order valence-corrected chi connectivity index (χ2v) is 4.93. The number of hydrogen-bond donors (Lipinski definition) is 1. The molecule has 0 saturated heterocycles. The molecular weight excluding hydrogens is 253 g/mol. The minimum atomic E-state index is -0.222. The summed E-state index contributed by atoms with van der Waals surface area (Å²) in [6.07, 6.45) is 0. The van der Waals surface area contributed by atoms with Gasteiger partial charge in [-0.3, -0.25) is 0 Å². The van der Waals surface area contributed by atoms with E-state index in [1.54, 1.807) is 13.2 Å². The Morgan fingerprint density at radius 3 is 2.50 bits per heavy atom. The molecule has 106 valence electrons.